The third-order valence-corrected chi connectivity index (χ3v) is 6.17. The van der Waals surface area contributed by atoms with Crippen molar-refractivity contribution >= 4 is 23.1 Å². The maximum atomic E-state index is 13.5. The lowest BCUT2D eigenvalue weighted by atomic mass is 9.95. The largest absolute Gasteiger partial charge is 0.507 e. The van der Waals surface area contributed by atoms with Crippen molar-refractivity contribution in [1.29, 1.82) is 0 Å². The highest BCUT2D eigenvalue weighted by atomic mass is 19.1. The summed E-state index contributed by atoms with van der Waals surface area (Å²) in [6, 6.07) is 17.1. The number of nitrogens with zero attached hydrogens (tertiary/aromatic N) is 2. The zero-order valence-electron chi connectivity index (χ0n) is 19.2. The second-order valence-electron chi connectivity index (χ2n) is 8.61. The van der Waals surface area contributed by atoms with Gasteiger partial charge in [0.1, 0.15) is 11.6 Å². The van der Waals surface area contributed by atoms with E-state index in [1.165, 1.54) is 29.2 Å². The molecule has 1 N–H and O–H groups in total. The number of fused-ring (bicyclic) bond motifs is 1. The van der Waals surface area contributed by atoms with Crippen LogP contribution in [0.25, 0.3) is 5.76 Å². The van der Waals surface area contributed by atoms with Crippen LogP contribution in [0.1, 0.15) is 22.7 Å². The monoisotopic (exact) mass is 474 g/mol. The van der Waals surface area contributed by atoms with Crippen LogP contribution in [0.5, 0.6) is 11.5 Å². The number of likely N-dealkylation sites (tertiary alicyclic amines) is 1. The van der Waals surface area contributed by atoms with Gasteiger partial charge in [0.25, 0.3) is 11.7 Å². The summed E-state index contributed by atoms with van der Waals surface area (Å²) in [5, 5.41) is 11.1. The Kier molecular flexibility index (Phi) is 5.64. The van der Waals surface area contributed by atoms with Crippen molar-refractivity contribution in [3.63, 3.8) is 0 Å². The fraction of sp³-hybridized carbons (Fsp3) is 0.185. The van der Waals surface area contributed by atoms with Gasteiger partial charge in [-0.3, -0.25) is 9.59 Å². The molecule has 1 amide bonds. The molecule has 1 saturated heterocycles. The number of carbonyl (C=O) groups excluding carboxylic acids is 2. The van der Waals surface area contributed by atoms with Crippen molar-refractivity contribution in [3.05, 3.63) is 94.8 Å². The molecule has 2 aliphatic heterocycles. The number of aliphatic hydroxyl groups is 1. The summed E-state index contributed by atoms with van der Waals surface area (Å²) >= 11 is 0. The number of amides is 1. The van der Waals surface area contributed by atoms with Gasteiger partial charge in [-0.15, -0.1) is 0 Å². The molecule has 0 aromatic heterocycles. The maximum absolute atomic E-state index is 13.5. The minimum Gasteiger partial charge on any atom is -0.507 e. The van der Waals surface area contributed by atoms with E-state index in [-0.39, 0.29) is 30.2 Å². The van der Waals surface area contributed by atoms with Gasteiger partial charge in [0.2, 0.25) is 6.79 Å². The molecule has 0 bridgehead atoms. The van der Waals surface area contributed by atoms with Crippen LogP contribution in [-0.2, 0) is 16.1 Å². The number of aliphatic hydroxyl groups excluding tert-OH is 1. The standard InChI is InChI=1S/C27H23FN2O5/c1-29(2)20-10-6-17(7-11-20)24-23(25(31)18-4-8-19(28)9-5-18)26(32)27(33)30(24)14-16-3-12-21-22(13-16)35-15-34-21/h3-13,24,31H,14-15H2,1-2H3/b25-23+. The first-order valence-corrected chi connectivity index (χ1v) is 11.0. The minimum absolute atomic E-state index is 0.0417. The van der Waals surface area contributed by atoms with Crippen LogP contribution in [0, 0.1) is 5.82 Å². The molecule has 0 spiro atoms. The van der Waals surface area contributed by atoms with Gasteiger partial charge in [-0.25, -0.2) is 4.39 Å². The predicted octanol–water partition coefficient (Wildman–Crippen LogP) is 4.24. The Bertz CT molecular complexity index is 1330. The zero-order chi connectivity index (χ0) is 24.7. The molecular weight excluding hydrogens is 451 g/mol. The van der Waals surface area contributed by atoms with E-state index < -0.39 is 23.5 Å². The summed E-state index contributed by atoms with van der Waals surface area (Å²) in [6.45, 7) is 0.237. The van der Waals surface area contributed by atoms with Gasteiger partial charge in [-0.05, 0) is 59.7 Å². The molecule has 3 aromatic carbocycles. The fourth-order valence-electron chi connectivity index (χ4n) is 4.34. The molecule has 0 saturated carbocycles. The summed E-state index contributed by atoms with van der Waals surface area (Å²) < 4.78 is 24.3. The normalized spacial score (nSPS) is 18.3. The Morgan fingerprint density at radius 3 is 2.37 bits per heavy atom. The van der Waals surface area contributed by atoms with Gasteiger partial charge < -0.3 is 24.4 Å². The lowest BCUT2D eigenvalue weighted by Crippen LogP contribution is -2.29. The van der Waals surface area contributed by atoms with Gasteiger partial charge >= 0.3 is 0 Å². The molecule has 8 heteroatoms. The van der Waals surface area contributed by atoms with Crippen LogP contribution in [-0.4, -0.2) is 42.6 Å². The average Bonchev–Trinajstić information content (AvgIpc) is 3.42. The molecule has 7 nitrogen and oxygen atoms in total. The quantitative estimate of drug-likeness (QED) is 0.339. The highest BCUT2D eigenvalue weighted by Gasteiger charge is 2.46. The molecule has 2 aliphatic rings. The van der Waals surface area contributed by atoms with Crippen molar-refractivity contribution in [1.82, 2.24) is 4.90 Å². The van der Waals surface area contributed by atoms with E-state index in [4.69, 9.17) is 9.47 Å². The lowest BCUT2D eigenvalue weighted by molar-refractivity contribution is -0.140. The number of ketones is 1. The van der Waals surface area contributed by atoms with E-state index in [9.17, 15) is 19.1 Å². The van der Waals surface area contributed by atoms with Gasteiger partial charge in [-0.2, -0.15) is 0 Å². The van der Waals surface area contributed by atoms with Crippen LogP contribution in [0.2, 0.25) is 0 Å². The Labute approximate surface area is 201 Å². The molecule has 0 aliphatic carbocycles. The van der Waals surface area contributed by atoms with E-state index in [2.05, 4.69) is 0 Å². The molecule has 1 unspecified atom stereocenters. The van der Waals surface area contributed by atoms with Crippen LogP contribution < -0.4 is 14.4 Å². The number of carbonyl (C=O) groups is 2. The molecule has 1 fully saturated rings. The van der Waals surface area contributed by atoms with Crippen LogP contribution in [0.3, 0.4) is 0 Å². The van der Waals surface area contributed by atoms with Crippen molar-refractivity contribution in [2.75, 3.05) is 25.8 Å². The van der Waals surface area contributed by atoms with Gasteiger partial charge in [0.05, 0.1) is 11.6 Å². The number of benzene rings is 3. The van der Waals surface area contributed by atoms with Crippen LogP contribution in [0.4, 0.5) is 10.1 Å². The second kappa shape index (κ2) is 8.79. The van der Waals surface area contributed by atoms with Gasteiger partial charge in [-0.1, -0.05) is 18.2 Å². The fourth-order valence-corrected chi connectivity index (χ4v) is 4.34. The molecule has 5 rings (SSSR count). The number of rotatable bonds is 5. The molecule has 0 radical (unpaired) electrons. The number of halogens is 1. The smallest absolute Gasteiger partial charge is 0.295 e. The Balaban J connectivity index is 1.60. The number of ether oxygens (including phenoxy) is 2. The van der Waals surface area contributed by atoms with Crippen molar-refractivity contribution in [2.45, 2.75) is 12.6 Å². The van der Waals surface area contributed by atoms with Gasteiger partial charge in [0.15, 0.2) is 11.5 Å². The molecule has 3 aromatic rings. The summed E-state index contributed by atoms with van der Waals surface area (Å²) in [6.07, 6.45) is 0. The summed E-state index contributed by atoms with van der Waals surface area (Å²) in [5.41, 5.74) is 2.56. The second-order valence-corrected chi connectivity index (χ2v) is 8.61. The maximum Gasteiger partial charge on any atom is 0.295 e. The van der Waals surface area contributed by atoms with Crippen molar-refractivity contribution < 1.29 is 28.6 Å². The molecule has 35 heavy (non-hydrogen) atoms. The molecule has 178 valence electrons. The number of hydrogen-bond donors (Lipinski definition) is 1. The molecule has 2 heterocycles. The van der Waals surface area contributed by atoms with Gasteiger partial charge in [0, 0.05) is 31.9 Å². The Morgan fingerprint density at radius 2 is 1.69 bits per heavy atom. The highest BCUT2D eigenvalue weighted by molar-refractivity contribution is 6.46. The number of anilines is 1. The molecule has 1 atom stereocenters. The first-order chi connectivity index (χ1) is 16.8. The predicted molar refractivity (Wildman–Crippen MR) is 128 cm³/mol. The van der Waals surface area contributed by atoms with Crippen LogP contribution >= 0.6 is 0 Å². The van der Waals surface area contributed by atoms with Crippen molar-refractivity contribution in [2.24, 2.45) is 0 Å². The third-order valence-electron chi connectivity index (χ3n) is 6.17. The first-order valence-electron chi connectivity index (χ1n) is 11.0. The minimum atomic E-state index is -0.832. The van der Waals surface area contributed by atoms with Crippen LogP contribution in [0.15, 0.2) is 72.3 Å². The number of Topliss-reactive ketones (excluding diaryl/α,β-unsaturated/α-hetero) is 1. The SMILES string of the molecule is CN(C)c1ccc(C2/C(=C(\O)c3ccc(F)cc3)C(=O)C(=O)N2Cc2ccc3c(c2)OCO3)cc1. The van der Waals surface area contributed by atoms with E-state index >= 15 is 0 Å². The van der Waals surface area contributed by atoms with E-state index in [0.29, 0.717) is 17.1 Å². The van der Waals surface area contributed by atoms with E-state index in [0.717, 1.165) is 11.3 Å². The highest BCUT2D eigenvalue weighted by Crippen LogP contribution is 2.41. The third kappa shape index (κ3) is 4.07. The lowest BCUT2D eigenvalue weighted by Gasteiger charge is -2.26. The Morgan fingerprint density at radius 1 is 1.00 bits per heavy atom. The number of hydrogen-bond acceptors (Lipinski definition) is 6. The summed E-state index contributed by atoms with van der Waals surface area (Å²) in [7, 11) is 3.82. The van der Waals surface area contributed by atoms with E-state index in [1.54, 1.807) is 18.2 Å². The van der Waals surface area contributed by atoms with Crippen molar-refractivity contribution in [3.8, 4) is 11.5 Å². The Hall–Kier alpha value is -4.33. The zero-order valence-corrected chi connectivity index (χ0v) is 19.2. The molecular formula is C27H23FN2O5. The first kappa shape index (κ1) is 22.5. The van der Waals surface area contributed by atoms with E-state index in [1.807, 2.05) is 43.3 Å². The topological polar surface area (TPSA) is 79.3 Å². The summed E-state index contributed by atoms with van der Waals surface area (Å²) in [4.78, 5) is 29.8. The average molecular weight is 474 g/mol. The summed E-state index contributed by atoms with van der Waals surface area (Å²) in [5.74, 6) is -1.17.